The summed E-state index contributed by atoms with van der Waals surface area (Å²) in [6, 6.07) is 25.9. The highest BCUT2D eigenvalue weighted by Crippen LogP contribution is 2.38. The largest absolute Gasteiger partial charge is 0.508 e. The first-order valence-corrected chi connectivity index (χ1v) is 8.23. The average Bonchev–Trinajstić information content (AvgIpc) is 2.57. The first-order chi connectivity index (χ1) is 10.8. The minimum absolute atomic E-state index is 0.250. The molecule has 1 N–H and O–H groups in total. The van der Waals surface area contributed by atoms with Crippen molar-refractivity contribution in [2.75, 3.05) is 7.11 Å². The van der Waals surface area contributed by atoms with Crippen LogP contribution in [-0.2, 0) is 10.9 Å². The van der Waals surface area contributed by atoms with Crippen molar-refractivity contribution in [3.63, 3.8) is 0 Å². The van der Waals surface area contributed by atoms with E-state index in [-0.39, 0.29) is 16.6 Å². The van der Waals surface area contributed by atoms with Gasteiger partial charge in [-0.1, -0.05) is 36.4 Å². The Hall–Kier alpha value is -2.39. The predicted molar refractivity (Wildman–Crippen MR) is 89.7 cm³/mol. The third-order valence-electron chi connectivity index (χ3n) is 3.32. The van der Waals surface area contributed by atoms with Crippen molar-refractivity contribution in [1.82, 2.24) is 0 Å². The Morgan fingerprint density at radius 3 is 1.82 bits per heavy atom. The van der Waals surface area contributed by atoms with E-state index in [9.17, 15) is 5.11 Å². The van der Waals surface area contributed by atoms with Crippen molar-refractivity contribution in [3.05, 3.63) is 78.9 Å². The Morgan fingerprint density at radius 1 is 0.773 bits per heavy atom. The molecular formula is C19H17O2S+. The fraction of sp³-hybridized carbons (Fsp3) is 0.0526. The monoisotopic (exact) mass is 309 g/mol. The standard InChI is InChI=1S/C19H16O2S/c1-21-18-13-12-15(20)14-19(18)22(16-8-4-2-5-9-16)17-10-6-3-7-11-17/h2-14H,1H3/p+1. The highest BCUT2D eigenvalue weighted by molar-refractivity contribution is 7.97. The Balaban J connectivity index is 2.21. The zero-order valence-electron chi connectivity index (χ0n) is 12.3. The lowest BCUT2D eigenvalue weighted by atomic mass is 10.3. The van der Waals surface area contributed by atoms with E-state index in [0.29, 0.717) is 0 Å². The number of phenolic OH excluding ortho intramolecular Hbond substituents is 1. The second-order valence-corrected chi connectivity index (χ2v) is 6.76. The van der Waals surface area contributed by atoms with E-state index in [1.54, 1.807) is 19.2 Å². The smallest absolute Gasteiger partial charge is 0.211 e. The van der Waals surface area contributed by atoms with Gasteiger partial charge in [-0.15, -0.1) is 0 Å². The van der Waals surface area contributed by atoms with Crippen LogP contribution >= 0.6 is 0 Å². The molecule has 22 heavy (non-hydrogen) atoms. The van der Waals surface area contributed by atoms with Crippen LogP contribution in [0.15, 0.2) is 93.5 Å². The van der Waals surface area contributed by atoms with Crippen LogP contribution < -0.4 is 4.74 Å². The van der Waals surface area contributed by atoms with E-state index >= 15 is 0 Å². The summed E-state index contributed by atoms with van der Waals surface area (Å²) in [4.78, 5) is 3.37. The highest BCUT2D eigenvalue weighted by atomic mass is 32.2. The molecule has 0 fully saturated rings. The maximum atomic E-state index is 9.92. The minimum Gasteiger partial charge on any atom is -0.508 e. The van der Waals surface area contributed by atoms with E-state index in [4.69, 9.17) is 4.74 Å². The number of methoxy groups -OCH3 is 1. The van der Waals surface area contributed by atoms with E-state index in [2.05, 4.69) is 24.3 Å². The van der Waals surface area contributed by atoms with E-state index < -0.39 is 0 Å². The van der Waals surface area contributed by atoms with Crippen molar-refractivity contribution in [2.45, 2.75) is 14.7 Å². The topological polar surface area (TPSA) is 29.5 Å². The van der Waals surface area contributed by atoms with Crippen LogP contribution in [0.25, 0.3) is 0 Å². The van der Waals surface area contributed by atoms with Gasteiger partial charge in [0, 0.05) is 6.07 Å². The lowest BCUT2D eigenvalue weighted by Crippen LogP contribution is -2.06. The number of ether oxygens (including phenoxy) is 1. The molecule has 0 spiro atoms. The first kappa shape index (κ1) is 14.5. The second-order valence-electron chi connectivity index (χ2n) is 4.77. The number of benzene rings is 3. The molecule has 0 amide bonds. The van der Waals surface area contributed by atoms with Gasteiger partial charge < -0.3 is 9.84 Å². The first-order valence-electron chi connectivity index (χ1n) is 7.01. The van der Waals surface area contributed by atoms with Crippen LogP contribution in [0.3, 0.4) is 0 Å². The Kier molecular flexibility index (Phi) is 4.35. The summed E-state index contributed by atoms with van der Waals surface area (Å²) in [5.74, 6) is 1.04. The van der Waals surface area contributed by atoms with Crippen molar-refractivity contribution in [2.24, 2.45) is 0 Å². The Labute approximate surface area is 133 Å². The average molecular weight is 309 g/mol. The van der Waals surface area contributed by atoms with Gasteiger partial charge in [-0.25, -0.2) is 0 Å². The number of hydrogen-bond acceptors (Lipinski definition) is 2. The Bertz CT molecular complexity index is 702. The molecule has 0 atom stereocenters. The molecule has 0 aliphatic carbocycles. The predicted octanol–water partition coefficient (Wildman–Crippen LogP) is 4.50. The molecule has 0 heterocycles. The van der Waals surface area contributed by atoms with Gasteiger partial charge in [-0.05, 0) is 36.4 Å². The summed E-state index contributed by atoms with van der Waals surface area (Å²) < 4.78 is 5.52. The fourth-order valence-electron chi connectivity index (χ4n) is 2.33. The summed E-state index contributed by atoms with van der Waals surface area (Å²) in [6.07, 6.45) is 0. The highest BCUT2D eigenvalue weighted by Gasteiger charge is 2.32. The molecule has 0 aliphatic rings. The molecular weight excluding hydrogens is 292 g/mol. The SMILES string of the molecule is COc1ccc(O)cc1[S+](c1ccccc1)c1ccccc1. The van der Waals surface area contributed by atoms with Gasteiger partial charge in [0.05, 0.1) is 7.11 Å². The zero-order valence-corrected chi connectivity index (χ0v) is 13.1. The molecule has 3 aromatic carbocycles. The molecule has 0 aliphatic heterocycles. The molecule has 0 saturated heterocycles. The number of phenols is 1. The summed E-state index contributed by atoms with van der Waals surface area (Å²) >= 11 is 0. The van der Waals surface area contributed by atoms with Crippen LogP contribution in [0, 0.1) is 0 Å². The summed E-state index contributed by atoms with van der Waals surface area (Å²) in [5, 5.41) is 9.92. The van der Waals surface area contributed by atoms with Gasteiger partial charge in [0.2, 0.25) is 4.90 Å². The minimum atomic E-state index is -0.321. The zero-order chi connectivity index (χ0) is 15.4. The Morgan fingerprint density at radius 2 is 1.32 bits per heavy atom. The molecule has 3 aromatic rings. The summed E-state index contributed by atoms with van der Waals surface area (Å²) in [7, 11) is 1.34. The van der Waals surface area contributed by atoms with E-state index in [0.717, 1.165) is 10.6 Å². The van der Waals surface area contributed by atoms with Crippen LogP contribution in [0.2, 0.25) is 0 Å². The molecule has 0 bridgehead atoms. The van der Waals surface area contributed by atoms with Gasteiger partial charge in [0.25, 0.3) is 0 Å². The van der Waals surface area contributed by atoms with Crippen molar-refractivity contribution >= 4 is 10.9 Å². The molecule has 0 aromatic heterocycles. The fourth-order valence-corrected chi connectivity index (χ4v) is 4.56. The second kappa shape index (κ2) is 6.58. The lowest BCUT2D eigenvalue weighted by Gasteiger charge is -2.11. The van der Waals surface area contributed by atoms with E-state index in [1.165, 1.54) is 9.79 Å². The lowest BCUT2D eigenvalue weighted by molar-refractivity contribution is 0.401. The third kappa shape index (κ3) is 2.95. The molecule has 0 saturated carbocycles. The molecule has 3 rings (SSSR count). The maximum Gasteiger partial charge on any atom is 0.211 e. The van der Waals surface area contributed by atoms with Crippen LogP contribution in [0.4, 0.5) is 0 Å². The van der Waals surface area contributed by atoms with Crippen LogP contribution in [0.1, 0.15) is 0 Å². The molecule has 3 heteroatoms. The molecule has 110 valence electrons. The number of rotatable bonds is 4. The molecule has 0 unspecified atom stereocenters. The number of aromatic hydroxyl groups is 1. The normalized spacial score (nSPS) is 10.6. The molecule has 2 nitrogen and oxygen atoms in total. The van der Waals surface area contributed by atoms with Crippen molar-refractivity contribution in [1.29, 1.82) is 0 Å². The number of hydrogen-bond donors (Lipinski definition) is 1. The van der Waals surface area contributed by atoms with Gasteiger partial charge >= 0.3 is 0 Å². The summed E-state index contributed by atoms with van der Waals surface area (Å²) in [6.45, 7) is 0. The van der Waals surface area contributed by atoms with Gasteiger partial charge in [-0.2, -0.15) is 0 Å². The summed E-state index contributed by atoms with van der Waals surface area (Å²) in [5.41, 5.74) is 0. The van der Waals surface area contributed by atoms with E-state index in [1.807, 2.05) is 42.5 Å². The van der Waals surface area contributed by atoms with Crippen LogP contribution in [-0.4, -0.2) is 12.2 Å². The third-order valence-corrected chi connectivity index (χ3v) is 5.57. The van der Waals surface area contributed by atoms with Gasteiger partial charge in [-0.3, -0.25) is 0 Å². The van der Waals surface area contributed by atoms with Crippen molar-refractivity contribution in [3.8, 4) is 11.5 Å². The van der Waals surface area contributed by atoms with Gasteiger partial charge in [0.1, 0.15) is 16.6 Å². The quantitative estimate of drug-likeness (QED) is 0.719. The molecule has 0 radical (unpaired) electrons. The van der Waals surface area contributed by atoms with Crippen molar-refractivity contribution < 1.29 is 9.84 Å². The van der Waals surface area contributed by atoms with Gasteiger partial charge in [0.15, 0.2) is 15.5 Å². The van der Waals surface area contributed by atoms with Crippen LogP contribution in [0.5, 0.6) is 11.5 Å². The maximum absolute atomic E-state index is 9.92.